The van der Waals surface area contributed by atoms with E-state index >= 15 is 0 Å². The predicted octanol–water partition coefficient (Wildman–Crippen LogP) is 10.0. The van der Waals surface area contributed by atoms with Crippen molar-refractivity contribution in [3.63, 3.8) is 0 Å². The molecule has 2 atom stereocenters. The monoisotopic (exact) mass is 583 g/mol. The molecular formula is C38H65NO3. The number of carbonyl (C=O) groups is 1. The highest BCUT2D eigenvalue weighted by atomic mass is 16.3. The summed E-state index contributed by atoms with van der Waals surface area (Å²) in [4.78, 5) is 12.3. The highest BCUT2D eigenvalue weighted by molar-refractivity contribution is 5.76. The molecule has 0 aliphatic rings. The fourth-order valence-electron chi connectivity index (χ4n) is 4.56. The second-order valence-corrected chi connectivity index (χ2v) is 11.2. The zero-order valence-corrected chi connectivity index (χ0v) is 27.2. The van der Waals surface area contributed by atoms with Crippen LogP contribution in [0.4, 0.5) is 0 Å². The third kappa shape index (κ3) is 29.3. The normalized spacial score (nSPS) is 14.1. The van der Waals surface area contributed by atoms with Crippen LogP contribution in [0.1, 0.15) is 142 Å². The van der Waals surface area contributed by atoms with E-state index in [2.05, 4.69) is 79.9 Å². The molecule has 0 heterocycles. The Kier molecular flexibility index (Phi) is 31.6. The molecule has 0 aromatic carbocycles. The van der Waals surface area contributed by atoms with E-state index in [1.807, 2.05) is 6.08 Å². The van der Waals surface area contributed by atoms with Gasteiger partial charge in [-0.3, -0.25) is 4.79 Å². The third-order valence-corrected chi connectivity index (χ3v) is 7.20. The molecule has 0 radical (unpaired) electrons. The largest absolute Gasteiger partial charge is 0.394 e. The zero-order chi connectivity index (χ0) is 30.8. The quantitative estimate of drug-likeness (QED) is 0.0606. The van der Waals surface area contributed by atoms with Crippen LogP contribution in [0.5, 0.6) is 0 Å². The molecule has 0 aromatic heterocycles. The van der Waals surface area contributed by atoms with E-state index in [1.165, 1.54) is 64.2 Å². The maximum atomic E-state index is 12.3. The molecule has 0 aliphatic carbocycles. The van der Waals surface area contributed by atoms with Gasteiger partial charge >= 0.3 is 0 Å². The minimum Gasteiger partial charge on any atom is -0.394 e. The molecule has 0 aliphatic heterocycles. The van der Waals surface area contributed by atoms with Gasteiger partial charge in [0.05, 0.1) is 18.8 Å². The van der Waals surface area contributed by atoms with Crippen molar-refractivity contribution in [3.05, 3.63) is 72.9 Å². The summed E-state index contributed by atoms with van der Waals surface area (Å²) >= 11 is 0. The van der Waals surface area contributed by atoms with Crippen LogP contribution < -0.4 is 5.32 Å². The summed E-state index contributed by atoms with van der Waals surface area (Å²) in [6, 6.07) is -0.653. The minimum absolute atomic E-state index is 0.126. The average molecular weight is 584 g/mol. The molecule has 3 N–H and O–H groups in total. The van der Waals surface area contributed by atoms with E-state index in [4.69, 9.17) is 0 Å². The number of aliphatic hydroxyl groups is 2. The summed E-state index contributed by atoms with van der Waals surface area (Å²) < 4.78 is 0. The molecule has 0 spiro atoms. The Hall–Kier alpha value is -2.17. The standard InChI is InChI=1S/C38H65NO3/c1-3-5-7-9-11-13-15-17-18-19-20-22-24-26-28-30-32-34-38(42)39-36(35-40)37(41)33-31-29-27-25-23-21-16-14-12-10-8-6-4-2/h5,7,11,13,17-18,20,22,26,28,31,33,36-37,40-41H,3-4,6,8-10,12,14-16,19,21,23-25,27,29-30,32,34-35H2,1-2H3,(H,39,42)/b7-5-,13-11-,18-17-,22-20-,28-26-,33-31+. The fraction of sp³-hybridized carbons (Fsp3) is 0.658. The maximum Gasteiger partial charge on any atom is 0.220 e. The average Bonchev–Trinajstić information content (AvgIpc) is 2.99. The van der Waals surface area contributed by atoms with Crippen molar-refractivity contribution in [3.8, 4) is 0 Å². The van der Waals surface area contributed by atoms with Gasteiger partial charge in [0.15, 0.2) is 0 Å². The van der Waals surface area contributed by atoms with E-state index in [0.717, 1.165) is 57.8 Å². The Balaban J connectivity index is 3.81. The second kappa shape index (κ2) is 33.3. The smallest absolute Gasteiger partial charge is 0.220 e. The van der Waals surface area contributed by atoms with Crippen molar-refractivity contribution in [2.45, 2.75) is 154 Å². The van der Waals surface area contributed by atoms with Gasteiger partial charge in [0, 0.05) is 6.42 Å². The van der Waals surface area contributed by atoms with Crippen molar-refractivity contribution in [2.24, 2.45) is 0 Å². The summed E-state index contributed by atoms with van der Waals surface area (Å²) in [6.45, 7) is 4.14. The first-order chi connectivity index (χ1) is 20.7. The Morgan fingerprint density at radius 1 is 0.595 bits per heavy atom. The Labute approximate surface area is 259 Å². The molecule has 0 aromatic rings. The van der Waals surface area contributed by atoms with Gasteiger partial charge in [-0.05, 0) is 57.8 Å². The van der Waals surface area contributed by atoms with Crippen molar-refractivity contribution < 1.29 is 15.0 Å². The molecule has 0 rings (SSSR count). The minimum atomic E-state index is -0.863. The lowest BCUT2D eigenvalue weighted by Gasteiger charge is -2.19. The van der Waals surface area contributed by atoms with Crippen LogP contribution in [0, 0.1) is 0 Å². The number of nitrogens with one attached hydrogen (secondary N) is 1. The topological polar surface area (TPSA) is 69.6 Å². The summed E-state index contributed by atoms with van der Waals surface area (Å²) in [7, 11) is 0. The first kappa shape index (κ1) is 39.8. The third-order valence-electron chi connectivity index (χ3n) is 7.20. The number of unbranched alkanes of at least 4 members (excludes halogenated alkanes) is 12. The Bertz CT molecular complexity index is 762. The number of hydrogen-bond acceptors (Lipinski definition) is 3. The molecule has 4 nitrogen and oxygen atoms in total. The molecule has 240 valence electrons. The lowest BCUT2D eigenvalue weighted by Crippen LogP contribution is -2.45. The molecule has 0 saturated heterocycles. The van der Waals surface area contributed by atoms with Gasteiger partial charge in [0.1, 0.15) is 0 Å². The highest BCUT2D eigenvalue weighted by Gasteiger charge is 2.17. The van der Waals surface area contributed by atoms with Crippen LogP contribution in [0.3, 0.4) is 0 Å². The van der Waals surface area contributed by atoms with Gasteiger partial charge in [-0.25, -0.2) is 0 Å². The molecule has 2 unspecified atom stereocenters. The van der Waals surface area contributed by atoms with Crippen LogP contribution in [0.2, 0.25) is 0 Å². The molecular weight excluding hydrogens is 518 g/mol. The first-order valence-electron chi connectivity index (χ1n) is 17.2. The number of aliphatic hydroxyl groups excluding tert-OH is 2. The lowest BCUT2D eigenvalue weighted by atomic mass is 10.0. The number of carbonyl (C=O) groups excluding carboxylic acids is 1. The SMILES string of the molecule is CC/C=C\C/C=C\C/C=C\C/C=C\C/C=C\CCCC(=O)NC(CO)C(O)/C=C/CCCCCCCCCCCCC. The van der Waals surface area contributed by atoms with Gasteiger partial charge in [0.2, 0.25) is 5.91 Å². The number of amides is 1. The van der Waals surface area contributed by atoms with Gasteiger partial charge in [-0.15, -0.1) is 0 Å². The maximum absolute atomic E-state index is 12.3. The first-order valence-corrected chi connectivity index (χ1v) is 17.2. The van der Waals surface area contributed by atoms with Crippen molar-refractivity contribution >= 4 is 5.91 Å². The predicted molar refractivity (Wildman–Crippen MR) is 184 cm³/mol. The zero-order valence-electron chi connectivity index (χ0n) is 27.2. The molecule has 42 heavy (non-hydrogen) atoms. The summed E-state index contributed by atoms with van der Waals surface area (Å²) in [5.74, 6) is -0.126. The van der Waals surface area contributed by atoms with E-state index in [0.29, 0.717) is 6.42 Å². The van der Waals surface area contributed by atoms with Gasteiger partial charge < -0.3 is 15.5 Å². The summed E-state index contributed by atoms with van der Waals surface area (Å²) in [5.41, 5.74) is 0. The summed E-state index contributed by atoms with van der Waals surface area (Å²) in [5, 5.41) is 22.8. The van der Waals surface area contributed by atoms with E-state index in [1.54, 1.807) is 6.08 Å². The number of allylic oxidation sites excluding steroid dienone is 11. The molecule has 4 heteroatoms. The molecule has 0 bridgehead atoms. The van der Waals surface area contributed by atoms with Crippen molar-refractivity contribution in [1.82, 2.24) is 5.32 Å². The number of hydrogen-bond donors (Lipinski definition) is 3. The lowest BCUT2D eigenvalue weighted by molar-refractivity contribution is -0.122. The molecule has 1 amide bonds. The van der Waals surface area contributed by atoms with Crippen LogP contribution >= 0.6 is 0 Å². The van der Waals surface area contributed by atoms with Crippen LogP contribution in [-0.4, -0.2) is 34.9 Å². The van der Waals surface area contributed by atoms with Crippen molar-refractivity contribution in [2.75, 3.05) is 6.61 Å². The van der Waals surface area contributed by atoms with Crippen LogP contribution in [0.25, 0.3) is 0 Å². The van der Waals surface area contributed by atoms with E-state index < -0.39 is 12.1 Å². The van der Waals surface area contributed by atoms with Crippen LogP contribution in [0.15, 0.2) is 72.9 Å². The Morgan fingerprint density at radius 3 is 1.55 bits per heavy atom. The number of rotatable bonds is 29. The van der Waals surface area contributed by atoms with E-state index in [9.17, 15) is 15.0 Å². The summed E-state index contributed by atoms with van der Waals surface area (Å²) in [6.07, 6.45) is 46.9. The van der Waals surface area contributed by atoms with E-state index in [-0.39, 0.29) is 12.5 Å². The Morgan fingerprint density at radius 2 is 1.05 bits per heavy atom. The molecule has 0 saturated carbocycles. The van der Waals surface area contributed by atoms with Crippen molar-refractivity contribution in [1.29, 1.82) is 0 Å². The van der Waals surface area contributed by atoms with Crippen LogP contribution in [-0.2, 0) is 4.79 Å². The fourth-order valence-corrected chi connectivity index (χ4v) is 4.56. The van der Waals surface area contributed by atoms with Gasteiger partial charge in [0.25, 0.3) is 0 Å². The van der Waals surface area contributed by atoms with Gasteiger partial charge in [-0.1, -0.05) is 151 Å². The molecule has 0 fully saturated rings. The highest BCUT2D eigenvalue weighted by Crippen LogP contribution is 2.12. The second-order valence-electron chi connectivity index (χ2n) is 11.2. The van der Waals surface area contributed by atoms with Gasteiger partial charge in [-0.2, -0.15) is 0 Å².